The van der Waals surface area contributed by atoms with Crippen molar-refractivity contribution in [2.24, 2.45) is 0 Å². The monoisotopic (exact) mass is 270 g/mol. The van der Waals surface area contributed by atoms with E-state index in [2.05, 4.69) is 5.32 Å². The summed E-state index contributed by atoms with van der Waals surface area (Å²) in [5.74, 6) is -0.344. The van der Waals surface area contributed by atoms with Crippen molar-refractivity contribution in [3.05, 3.63) is 41.0 Å². The van der Waals surface area contributed by atoms with Crippen LogP contribution in [0, 0.1) is 18.3 Å². The highest BCUT2D eigenvalue weighted by atomic mass is 16.5. The smallest absolute Gasteiger partial charge is 0.262 e. The Morgan fingerprint density at radius 1 is 1.50 bits per heavy atom. The van der Waals surface area contributed by atoms with Gasteiger partial charge in [0.05, 0.1) is 6.10 Å². The average Bonchev–Trinajstić information content (AvgIpc) is 2.97. The van der Waals surface area contributed by atoms with Gasteiger partial charge in [-0.25, -0.2) is 0 Å². The summed E-state index contributed by atoms with van der Waals surface area (Å²) < 4.78 is 5.43. The molecule has 1 amide bonds. The van der Waals surface area contributed by atoms with Crippen molar-refractivity contribution in [1.29, 1.82) is 5.26 Å². The molecule has 104 valence electrons. The fraction of sp³-hybridized carbons (Fsp3) is 0.375. The van der Waals surface area contributed by atoms with Crippen molar-refractivity contribution in [1.82, 2.24) is 5.32 Å². The molecule has 1 atom stereocenters. The van der Waals surface area contributed by atoms with Gasteiger partial charge in [0.2, 0.25) is 0 Å². The molecule has 1 unspecified atom stereocenters. The Balaban J connectivity index is 1.97. The minimum atomic E-state index is -0.344. The van der Waals surface area contributed by atoms with Crippen LogP contribution in [0.1, 0.15) is 24.0 Å². The zero-order valence-corrected chi connectivity index (χ0v) is 11.6. The normalized spacial score (nSPS) is 18.6. The lowest BCUT2D eigenvalue weighted by Crippen LogP contribution is -2.32. The number of carbonyl (C=O) groups is 1. The lowest BCUT2D eigenvalue weighted by molar-refractivity contribution is -0.117. The highest BCUT2D eigenvalue weighted by Gasteiger charge is 2.17. The second-order valence-electron chi connectivity index (χ2n) is 4.93. The Labute approximate surface area is 119 Å². The van der Waals surface area contributed by atoms with Crippen LogP contribution in [0.4, 0.5) is 0 Å². The van der Waals surface area contributed by atoms with Crippen LogP contribution >= 0.6 is 0 Å². The van der Waals surface area contributed by atoms with Crippen LogP contribution < -0.4 is 5.32 Å². The predicted octanol–water partition coefficient (Wildman–Crippen LogP) is 2.20. The van der Waals surface area contributed by atoms with Gasteiger partial charge in [0.1, 0.15) is 11.6 Å². The molecule has 1 saturated heterocycles. The minimum Gasteiger partial charge on any atom is -0.376 e. The van der Waals surface area contributed by atoms with Gasteiger partial charge in [-0.05, 0) is 31.4 Å². The number of nitrogens with one attached hydrogen (secondary N) is 1. The Bertz CT molecular complexity index is 535. The van der Waals surface area contributed by atoms with Crippen LogP contribution in [-0.4, -0.2) is 25.2 Å². The molecule has 4 heteroatoms. The van der Waals surface area contributed by atoms with Gasteiger partial charge in [-0.2, -0.15) is 5.26 Å². The largest absolute Gasteiger partial charge is 0.376 e. The second-order valence-corrected chi connectivity index (χ2v) is 4.93. The highest BCUT2D eigenvalue weighted by Crippen LogP contribution is 2.11. The first kappa shape index (κ1) is 14.3. The standard InChI is InChI=1S/C16H18N2O2/c1-12-4-6-13(7-5-12)9-14(10-17)16(19)18-11-15-3-2-8-20-15/h4-7,9,15H,2-3,8,11H2,1H3,(H,18,19)/b14-9+. The van der Waals surface area contributed by atoms with E-state index in [0.29, 0.717) is 6.54 Å². The van der Waals surface area contributed by atoms with Crippen molar-refractivity contribution in [3.8, 4) is 6.07 Å². The Hall–Kier alpha value is -2.12. The molecule has 1 heterocycles. The van der Waals surface area contributed by atoms with E-state index in [9.17, 15) is 4.79 Å². The van der Waals surface area contributed by atoms with Gasteiger partial charge in [-0.3, -0.25) is 4.79 Å². The summed E-state index contributed by atoms with van der Waals surface area (Å²) in [5, 5.41) is 11.8. The molecule has 1 aliphatic rings. The molecule has 1 aromatic carbocycles. The molecular formula is C16H18N2O2. The number of nitriles is 1. The van der Waals surface area contributed by atoms with E-state index in [-0.39, 0.29) is 17.6 Å². The van der Waals surface area contributed by atoms with Crippen molar-refractivity contribution in [2.45, 2.75) is 25.9 Å². The Kier molecular flexibility index (Phi) is 4.91. The Morgan fingerprint density at radius 2 is 2.25 bits per heavy atom. The number of nitrogens with zero attached hydrogens (tertiary/aromatic N) is 1. The summed E-state index contributed by atoms with van der Waals surface area (Å²) in [6.07, 6.45) is 3.68. The summed E-state index contributed by atoms with van der Waals surface area (Å²) in [4.78, 5) is 11.9. The van der Waals surface area contributed by atoms with Gasteiger partial charge in [0, 0.05) is 13.2 Å². The fourth-order valence-corrected chi connectivity index (χ4v) is 2.09. The van der Waals surface area contributed by atoms with Gasteiger partial charge < -0.3 is 10.1 Å². The number of ether oxygens (including phenoxy) is 1. The summed E-state index contributed by atoms with van der Waals surface area (Å²) in [6.45, 7) is 3.21. The molecule has 20 heavy (non-hydrogen) atoms. The first-order valence-corrected chi connectivity index (χ1v) is 6.77. The number of hydrogen-bond donors (Lipinski definition) is 1. The van der Waals surface area contributed by atoms with Crippen LogP contribution in [0.15, 0.2) is 29.8 Å². The molecule has 1 aromatic rings. The second kappa shape index (κ2) is 6.88. The number of rotatable bonds is 4. The molecule has 0 spiro atoms. The molecule has 4 nitrogen and oxygen atoms in total. The molecule has 1 aliphatic heterocycles. The first-order valence-electron chi connectivity index (χ1n) is 6.77. The molecule has 0 aliphatic carbocycles. The maximum absolute atomic E-state index is 11.9. The molecule has 1 fully saturated rings. The van der Waals surface area contributed by atoms with Crippen LogP contribution in [0.2, 0.25) is 0 Å². The summed E-state index contributed by atoms with van der Waals surface area (Å²) in [7, 11) is 0. The van der Waals surface area contributed by atoms with Crippen LogP contribution in [0.3, 0.4) is 0 Å². The van der Waals surface area contributed by atoms with Gasteiger partial charge >= 0.3 is 0 Å². The van der Waals surface area contributed by atoms with E-state index in [1.807, 2.05) is 37.3 Å². The molecule has 1 N–H and O–H groups in total. The van der Waals surface area contributed by atoms with Gasteiger partial charge in [-0.15, -0.1) is 0 Å². The van der Waals surface area contributed by atoms with Gasteiger partial charge in [-0.1, -0.05) is 29.8 Å². The van der Waals surface area contributed by atoms with Crippen LogP contribution in [0.25, 0.3) is 6.08 Å². The number of hydrogen-bond acceptors (Lipinski definition) is 3. The minimum absolute atomic E-state index is 0.0817. The van der Waals surface area contributed by atoms with Crippen molar-refractivity contribution in [2.75, 3.05) is 13.2 Å². The number of aryl methyl sites for hydroxylation is 1. The van der Waals surface area contributed by atoms with E-state index >= 15 is 0 Å². The van der Waals surface area contributed by atoms with E-state index in [0.717, 1.165) is 30.6 Å². The van der Waals surface area contributed by atoms with Gasteiger partial charge in [0.15, 0.2) is 0 Å². The van der Waals surface area contributed by atoms with Crippen LogP contribution in [0.5, 0.6) is 0 Å². The zero-order valence-electron chi connectivity index (χ0n) is 11.6. The maximum Gasteiger partial charge on any atom is 0.262 e. The van der Waals surface area contributed by atoms with E-state index < -0.39 is 0 Å². The molecule has 0 bridgehead atoms. The van der Waals surface area contributed by atoms with Crippen molar-refractivity contribution in [3.63, 3.8) is 0 Å². The molecule has 0 saturated carbocycles. The maximum atomic E-state index is 11.9. The topological polar surface area (TPSA) is 62.1 Å². The fourth-order valence-electron chi connectivity index (χ4n) is 2.09. The highest BCUT2D eigenvalue weighted by molar-refractivity contribution is 6.01. The molecular weight excluding hydrogens is 252 g/mol. The van der Waals surface area contributed by atoms with E-state index in [1.54, 1.807) is 6.08 Å². The molecule has 0 aromatic heterocycles. The lowest BCUT2D eigenvalue weighted by atomic mass is 10.1. The van der Waals surface area contributed by atoms with Gasteiger partial charge in [0.25, 0.3) is 5.91 Å². The molecule has 2 rings (SSSR count). The third kappa shape index (κ3) is 3.94. The summed E-state index contributed by atoms with van der Waals surface area (Å²) in [5.41, 5.74) is 2.11. The SMILES string of the molecule is Cc1ccc(/C=C(\C#N)C(=O)NCC2CCCO2)cc1. The quantitative estimate of drug-likeness (QED) is 0.674. The zero-order chi connectivity index (χ0) is 14.4. The van der Waals surface area contributed by atoms with Crippen molar-refractivity contribution >= 4 is 12.0 Å². The predicted molar refractivity (Wildman–Crippen MR) is 76.8 cm³/mol. The molecule has 0 radical (unpaired) electrons. The third-order valence-corrected chi connectivity index (χ3v) is 3.27. The number of benzene rings is 1. The Morgan fingerprint density at radius 3 is 2.85 bits per heavy atom. The summed E-state index contributed by atoms with van der Waals surface area (Å²) >= 11 is 0. The first-order chi connectivity index (χ1) is 9.69. The van der Waals surface area contributed by atoms with E-state index in [4.69, 9.17) is 10.00 Å². The van der Waals surface area contributed by atoms with E-state index in [1.165, 1.54) is 0 Å². The number of amides is 1. The lowest BCUT2D eigenvalue weighted by Gasteiger charge is -2.10. The number of carbonyl (C=O) groups excluding carboxylic acids is 1. The average molecular weight is 270 g/mol. The summed E-state index contributed by atoms with van der Waals surface area (Å²) in [6, 6.07) is 9.63. The van der Waals surface area contributed by atoms with Crippen LogP contribution in [-0.2, 0) is 9.53 Å². The van der Waals surface area contributed by atoms with Crippen molar-refractivity contribution < 1.29 is 9.53 Å². The third-order valence-electron chi connectivity index (χ3n) is 3.27.